The second kappa shape index (κ2) is 6.15. The average Bonchev–Trinajstić information content (AvgIpc) is 2.88. The van der Waals surface area contributed by atoms with Crippen molar-refractivity contribution < 1.29 is 0 Å². The Morgan fingerprint density at radius 2 is 1.82 bits per heavy atom. The van der Waals surface area contributed by atoms with Crippen LogP contribution in [0.4, 0.5) is 5.69 Å². The number of rotatable bonds is 1. The summed E-state index contributed by atoms with van der Waals surface area (Å²) < 4.78 is 0. The van der Waals surface area contributed by atoms with Crippen molar-refractivity contribution in [3.05, 3.63) is 48.5 Å². The third kappa shape index (κ3) is 3.14. The van der Waals surface area contributed by atoms with E-state index in [1.165, 1.54) is 24.6 Å². The molecule has 2 bridgehead atoms. The summed E-state index contributed by atoms with van der Waals surface area (Å²) in [5, 5.41) is 6.68. The van der Waals surface area contributed by atoms with E-state index in [2.05, 4.69) is 73.5 Å². The number of thiocarbonyl (C=S) groups is 1. The quantitative estimate of drug-likeness (QED) is 0.409. The van der Waals surface area contributed by atoms with Gasteiger partial charge in [-0.25, -0.2) is 4.98 Å². The molecule has 1 aliphatic carbocycles. The van der Waals surface area contributed by atoms with Crippen molar-refractivity contribution in [1.29, 1.82) is 0 Å². The van der Waals surface area contributed by atoms with Gasteiger partial charge in [-0.05, 0) is 66.6 Å². The average molecular weight is 390 g/mol. The molecule has 2 heterocycles. The predicted molar refractivity (Wildman–Crippen MR) is 122 cm³/mol. The van der Waals surface area contributed by atoms with E-state index in [-0.39, 0.29) is 0 Å². The molecular formula is C24H27N3S. The minimum atomic E-state index is 0.377. The molecule has 2 atom stereocenters. The van der Waals surface area contributed by atoms with Gasteiger partial charge in [-0.3, -0.25) is 0 Å². The lowest BCUT2D eigenvalue weighted by molar-refractivity contribution is 0.132. The Kier molecular flexibility index (Phi) is 3.92. The van der Waals surface area contributed by atoms with E-state index < -0.39 is 0 Å². The first-order valence-corrected chi connectivity index (χ1v) is 10.6. The summed E-state index contributed by atoms with van der Waals surface area (Å²) in [5.74, 6) is 0. The molecule has 1 aromatic heterocycles. The van der Waals surface area contributed by atoms with Gasteiger partial charge in [0.05, 0.1) is 11.0 Å². The van der Waals surface area contributed by atoms with Crippen LogP contribution in [-0.2, 0) is 0 Å². The molecule has 0 amide bonds. The van der Waals surface area contributed by atoms with Crippen LogP contribution < -0.4 is 5.32 Å². The van der Waals surface area contributed by atoms with Gasteiger partial charge >= 0.3 is 0 Å². The molecular weight excluding hydrogens is 362 g/mol. The van der Waals surface area contributed by atoms with E-state index in [0.717, 1.165) is 33.8 Å². The minimum absolute atomic E-state index is 0.377. The third-order valence-electron chi connectivity index (χ3n) is 6.45. The molecule has 4 heteroatoms. The smallest absolute Gasteiger partial charge is 0.173 e. The van der Waals surface area contributed by atoms with Gasteiger partial charge in [0.1, 0.15) is 0 Å². The first kappa shape index (κ1) is 17.9. The van der Waals surface area contributed by atoms with E-state index >= 15 is 0 Å². The zero-order chi connectivity index (χ0) is 19.5. The second-order valence-corrected chi connectivity index (χ2v) is 10.2. The van der Waals surface area contributed by atoms with Gasteiger partial charge in [0.2, 0.25) is 0 Å². The molecule has 2 aliphatic rings. The summed E-state index contributed by atoms with van der Waals surface area (Å²) in [6.45, 7) is 8.28. The van der Waals surface area contributed by atoms with E-state index in [0.29, 0.717) is 16.9 Å². The number of nitrogens with one attached hydrogen (secondary N) is 1. The lowest BCUT2D eigenvalue weighted by atomic mass is 9.65. The fourth-order valence-electron chi connectivity index (χ4n) is 5.74. The van der Waals surface area contributed by atoms with Crippen molar-refractivity contribution >= 4 is 44.8 Å². The van der Waals surface area contributed by atoms with Crippen molar-refractivity contribution in [2.45, 2.75) is 46.1 Å². The van der Waals surface area contributed by atoms with Crippen molar-refractivity contribution in [3.8, 4) is 0 Å². The van der Waals surface area contributed by atoms with Crippen LogP contribution in [-0.4, -0.2) is 27.6 Å². The Morgan fingerprint density at radius 1 is 1.04 bits per heavy atom. The fourth-order valence-corrected chi connectivity index (χ4v) is 6.07. The summed E-state index contributed by atoms with van der Waals surface area (Å²) in [7, 11) is 0. The summed E-state index contributed by atoms with van der Waals surface area (Å²) in [5.41, 5.74) is 3.82. The van der Waals surface area contributed by atoms with Crippen molar-refractivity contribution in [1.82, 2.24) is 9.88 Å². The fraction of sp³-hybridized carbons (Fsp3) is 0.417. The van der Waals surface area contributed by atoms with Crippen LogP contribution >= 0.6 is 12.2 Å². The van der Waals surface area contributed by atoms with Crippen LogP contribution in [0.3, 0.4) is 0 Å². The zero-order valence-electron chi connectivity index (χ0n) is 16.8. The monoisotopic (exact) mass is 389 g/mol. The highest BCUT2D eigenvalue weighted by atomic mass is 32.1. The maximum Gasteiger partial charge on any atom is 0.173 e. The van der Waals surface area contributed by atoms with Gasteiger partial charge in [0.15, 0.2) is 5.11 Å². The maximum absolute atomic E-state index is 5.84. The lowest BCUT2D eigenvalue weighted by Gasteiger charge is -2.39. The first-order valence-electron chi connectivity index (χ1n) is 10.2. The molecule has 2 aromatic carbocycles. The molecule has 2 fully saturated rings. The van der Waals surface area contributed by atoms with Crippen molar-refractivity contribution in [2.24, 2.45) is 10.8 Å². The normalized spacial score (nSPS) is 26.0. The Bertz CT molecular complexity index is 1090. The van der Waals surface area contributed by atoms with Gasteiger partial charge < -0.3 is 10.2 Å². The molecule has 1 saturated carbocycles. The number of aromatic nitrogens is 1. The number of benzene rings is 2. The summed E-state index contributed by atoms with van der Waals surface area (Å²) in [4.78, 5) is 7.26. The van der Waals surface area contributed by atoms with Crippen LogP contribution in [0.15, 0.2) is 48.5 Å². The molecule has 2 unspecified atom stereocenters. The Morgan fingerprint density at radius 3 is 2.68 bits per heavy atom. The van der Waals surface area contributed by atoms with E-state index in [4.69, 9.17) is 17.2 Å². The van der Waals surface area contributed by atoms with E-state index in [1.807, 2.05) is 6.07 Å². The zero-order valence-corrected chi connectivity index (χ0v) is 17.6. The minimum Gasteiger partial charge on any atom is -0.345 e. The van der Waals surface area contributed by atoms with Crippen molar-refractivity contribution in [3.63, 3.8) is 0 Å². The number of pyridine rings is 1. The number of fused-ring (bicyclic) bond motifs is 4. The van der Waals surface area contributed by atoms with Crippen LogP contribution in [0.5, 0.6) is 0 Å². The number of likely N-dealkylation sites (tertiary alicyclic amines) is 1. The van der Waals surface area contributed by atoms with Gasteiger partial charge in [-0.1, -0.05) is 45.0 Å². The van der Waals surface area contributed by atoms with Gasteiger partial charge in [-0.2, -0.15) is 0 Å². The molecule has 1 saturated heterocycles. The number of hydrogen-bond donors (Lipinski definition) is 1. The van der Waals surface area contributed by atoms with Gasteiger partial charge in [0, 0.05) is 29.0 Å². The summed E-state index contributed by atoms with van der Waals surface area (Å²) in [6.07, 6.45) is 3.75. The SMILES string of the molecule is CC1(C)CC2CC(C)(CN2C(=S)Nc2ccc3cc4ccccc4nc3c2)C1. The number of hydrogen-bond acceptors (Lipinski definition) is 2. The third-order valence-corrected chi connectivity index (χ3v) is 6.78. The predicted octanol–water partition coefficient (Wildman–Crippen LogP) is 5.99. The molecule has 1 aliphatic heterocycles. The summed E-state index contributed by atoms with van der Waals surface area (Å²) >= 11 is 5.84. The molecule has 3 aromatic rings. The van der Waals surface area contributed by atoms with Crippen molar-refractivity contribution in [2.75, 3.05) is 11.9 Å². The number of nitrogens with zero attached hydrogens (tertiary/aromatic N) is 2. The summed E-state index contributed by atoms with van der Waals surface area (Å²) in [6, 6.07) is 17.4. The lowest BCUT2D eigenvalue weighted by Crippen LogP contribution is -2.39. The largest absolute Gasteiger partial charge is 0.345 e. The highest BCUT2D eigenvalue weighted by molar-refractivity contribution is 7.80. The molecule has 5 rings (SSSR count). The maximum atomic E-state index is 5.84. The highest BCUT2D eigenvalue weighted by Crippen LogP contribution is 2.52. The molecule has 0 radical (unpaired) electrons. The molecule has 144 valence electrons. The Balaban J connectivity index is 1.40. The highest BCUT2D eigenvalue weighted by Gasteiger charge is 2.50. The van der Waals surface area contributed by atoms with Gasteiger partial charge in [0.25, 0.3) is 0 Å². The van der Waals surface area contributed by atoms with E-state index in [1.54, 1.807) is 0 Å². The Hall–Kier alpha value is -2.20. The molecule has 3 nitrogen and oxygen atoms in total. The molecule has 28 heavy (non-hydrogen) atoms. The van der Waals surface area contributed by atoms with Crippen LogP contribution in [0.1, 0.15) is 40.0 Å². The first-order chi connectivity index (χ1) is 13.3. The topological polar surface area (TPSA) is 28.2 Å². The van der Waals surface area contributed by atoms with Crippen LogP contribution in [0, 0.1) is 10.8 Å². The Labute approximate surface area is 172 Å². The second-order valence-electron chi connectivity index (χ2n) is 9.86. The number of para-hydroxylation sites is 1. The van der Waals surface area contributed by atoms with Crippen LogP contribution in [0.25, 0.3) is 21.8 Å². The van der Waals surface area contributed by atoms with Gasteiger partial charge in [-0.15, -0.1) is 0 Å². The molecule has 1 N–H and O–H groups in total. The number of anilines is 1. The standard InChI is InChI=1S/C24H27N3S/c1-23(2)12-19-13-24(3,14-23)15-27(19)22(28)25-18-9-8-17-10-16-6-4-5-7-20(16)26-21(17)11-18/h4-11,19H,12-15H2,1-3H3,(H,25,28). The molecule has 0 spiro atoms. The van der Waals surface area contributed by atoms with E-state index in [9.17, 15) is 0 Å². The van der Waals surface area contributed by atoms with Crippen LogP contribution in [0.2, 0.25) is 0 Å².